The number of halogens is 1. The molecule has 1 saturated heterocycles. The van der Waals surface area contributed by atoms with Crippen molar-refractivity contribution in [2.75, 3.05) is 26.8 Å². The first-order valence-electron chi connectivity index (χ1n) is 7.66. The molecule has 0 radical (unpaired) electrons. The molecule has 25 heavy (non-hydrogen) atoms. The lowest BCUT2D eigenvalue weighted by Crippen LogP contribution is -2.40. The molecule has 9 heteroatoms. The third kappa shape index (κ3) is 3.22. The maximum Gasteiger partial charge on any atom is 0.313 e. The number of ether oxygens (including phenoxy) is 1. The number of carboxylic acid groups (broad SMARTS) is 1. The highest BCUT2D eigenvalue weighted by atomic mass is 35.5. The van der Waals surface area contributed by atoms with Gasteiger partial charge in [-0.1, -0.05) is 28.9 Å². The summed E-state index contributed by atoms with van der Waals surface area (Å²) in [5.74, 6) is -1.33. The van der Waals surface area contributed by atoms with Crippen molar-refractivity contribution in [3.05, 3.63) is 41.2 Å². The molecule has 2 aromatic rings. The molecule has 1 aliphatic rings. The first-order valence-corrected chi connectivity index (χ1v) is 8.03. The Balaban J connectivity index is 1.79. The van der Waals surface area contributed by atoms with Crippen molar-refractivity contribution in [3.63, 3.8) is 0 Å². The number of benzene rings is 1. The number of nitrogens with zero attached hydrogens (tertiary/aromatic N) is 4. The number of carbonyl (C=O) groups excluding carboxylic acids is 1. The molecule has 1 amide bonds. The van der Waals surface area contributed by atoms with Gasteiger partial charge in [0.15, 0.2) is 5.69 Å². The van der Waals surface area contributed by atoms with Crippen LogP contribution in [0, 0.1) is 5.41 Å². The van der Waals surface area contributed by atoms with Crippen molar-refractivity contribution < 1.29 is 19.4 Å². The first-order chi connectivity index (χ1) is 12.0. The zero-order valence-electron chi connectivity index (χ0n) is 13.6. The standard InChI is InChI=1S/C16H17ClN4O4/c1-25-10-16(15(23)24)6-7-20(9-16)14(22)12-8-21(19-18-12)13-5-3-2-4-11(13)17/h2-5,8H,6-7,9-10H2,1H3,(H,23,24). The molecule has 1 aromatic carbocycles. The number of rotatable bonds is 5. The lowest BCUT2D eigenvalue weighted by Gasteiger charge is -2.23. The number of aliphatic carboxylic acids is 1. The largest absolute Gasteiger partial charge is 0.481 e. The van der Waals surface area contributed by atoms with Crippen LogP contribution in [0.1, 0.15) is 16.9 Å². The van der Waals surface area contributed by atoms with Gasteiger partial charge in [-0.15, -0.1) is 5.10 Å². The van der Waals surface area contributed by atoms with E-state index in [1.807, 2.05) is 0 Å². The van der Waals surface area contributed by atoms with E-state index in [-0.39, 0.29) is 24.8 Å². The predicted molar refractivity (Wildman–Crippen MR) is 88.8 cm³/mol. The minimum Gasteiger partial charge on any atom is -0.481 e. The van der Waals surface area contributed by atoms with Crippen LogP contribution in [-0.2, 0) is 9.53 Å². The molecule has 0 aliphatic carbocycles. The molecule has 8 nitrogen and oxygen atoms in total. The van der Waals surface area contributed by atoms with Crippen LogP contribution in [-0.4, -0.2) is 63.7 Å². The van der Waals surface area contributed by atoms with E-state index in [4.69, 9.17) is 16.3 Å². The Kier molecular flexibility index (Phi) is 4.73. The van der Waals surface area contributed by atoms with Gasteiger partial charge in [0.25, 0.3) is 5.91 Å². The number of hydrogen-bond donors (Lipinski definition) is 1. The third-order valence-electron chi connectivity index (χ3n) is 4.33. The Morgan fingerprint density at radius 2 is 2.16 bits per heavy atom. The molecule has 1 N–H and O–H groups in total. The molecule has 2 heterocycles. The normalized spacial score (nSPS) is 20.0. The predicted octanol–water partition coefficient (Wildman–Crippen LogP) is 1.48. The minimum absolute atomic E-state index is 0.0540. The second-order valence-electron chi connectivity index (χ2n) is 5.99. The van der Waals surface area contributed by atoms with Gasteiger partial charge in [0.1, 0.15) is 5.41 Å². The van der Waals surface area contributed by atoms with Crippen molar-refractivity contribution in [1.82, 2.24) is 19.9 Å². The maximum atomic E-state index is 12.6. The van der Waals surface area contributed by atoms with Crippen LogP contribution in [0.25, 0.3) is 5.69 Å². The first kappa shape index (κ1) is 17.4. The Labute approximate surface area is 148 Å². The van der Waals surface area contributed by atoms with Crippen molar-refractivity contribution >= 4 is 23.5 Å². The van der Waals surface area contributed by atoms with Crippen molar-refractivity contribution in [2.24, 2.45) is 5.41 Å². The van der Waals surface area contributed by atoms with Gasteiger partial charge in [-0.25, -0.2) is 4.68 Å². The van der Waals surface area contributed by atoms with Gasteiger partial charge >= 0.3 is 5.97 Å². The molecule has 1 aromatic heterocycles. The average Bonchev–Trinajstić information content (AvgIpc) is 3.23. The minimum atomic E-state index is -1.08. The van der Waals surface area contributed by atoms with Crippen molar-refractivity contribution in [1.29, 1.82) is 0 Å². The van der Waals surface area contributed by atoms with Crippen LogP contribution in [0.3, 0.4) is 0 Å². The number of likely N-dealkylation sites (tertiary alicyclic amines) is 1. The zero-order valence-corrected chi connectivity index (χ0v) is 14.3. The summed E-state index contributed by atoms with van der Waals surface area (Å²) in [5, 5.41) is 17.8. The average molecular weight is 365 g/mol. The van der Waals surface area contributed by atoms with Crippen LogP contribution in [0.5, 0.6) is 0 Å². The number of amides is 1. The lowest BCUT2D eigenvalue weighted by atomic mass is 9.88. The zero-order chi connectivity index (χ0) is 18.0. The van der Waals surface area contributed by atoms with Gasteiger partial charge in [-0.05, 0) is 18.6 Å². The number of para-hydroxylation sites is 1. The summed E-state index contributed by atoms with van der Waals surface area (Å²) >= 11 is 6.12. The number of aromatic nitrogens is 3. The van der Waals surface area contributed by atoms with Gasteiger partial charge in [0, 0.05) is 20.2 Å². The second-order valence-corrected chi connectivity index (χ2v) is 6.40. The van der Waals surface area contributed by atoms with Crippen LogP contribution in [0.2, 0.25) is 5.02 Å². The number of carbonyl (C=O) groups is 2. The van der Waals surface area contributed by atoms with Gasteiger partial charge < -0.3 is 14.7 Å². The van der Waals surface area contributed by atoms with E-state index in [0.29, 0.717) is 23.7 Å². The Bertz CT molecular complexity index is 809. The smallest absolute Gasteiger partial charge is 0.313 e. The van der Waals surface area contributed by atoms with Crippen LogP contribution in [0.4, 0.5) is 0 Å². The summed E-state index contributed by atoms with van der Waals surface area (Å²) in [6.07, 6.45) is 1.82. The Morgan fingerprint density at radius 1 is 1.40 bits per heavy atom. The third-order valence-corrected chi connectivity index (χ3v) is 4.65. The number of carboxylic acids is 1. The van der Waals surface area contributed by atoms with E-state index in [2.05, 4.69) is 10.3 Å². The van der Waals surface area contributed by atoms with Gasteiger partial charge in [-0.2, -0.15) is 0 Å². The van der Waals surface area contributed by atoms with Crippen LogP contribution >= 0.6 is 11.6 Å². The summed E-state index contributed by atoms with van der Waals surface area (Å²) in [6, 6.07) is 7.07. The molecular weight excluding hydrogens is 348 g/mol. The molecule has 0 bridgehead atoms. The molecule has 132 valence electrons. The Hall–Kier alpha value is -2.45. The van der Waals surface area contributed by atoms with Crippen LogP contribution < -0.4 is 0 Å². The van der Waals surface area contributed by atoms with Gasteiger partial charge in [0.2, 0.25) is 0 Å². The summed E-state index contributed by atoms with van der Waals surface area (Å²) in [7, 11) is 1.45. The van der Waals surface area contributed by atoms with E-state index >= 15 is 0 Å². The molecule has 1 fully saturated rings. The van der Waals surface area contributed by atoms with E-state index < -0.39 is 11.4 Å². The molecule has 0 saturated carbocycles. The summed E-state index contributed by atoms with van der Waals surface area (Å²) in [6.45, 7) is 0.458. The molecule has 1 unspecified atom stereocenters. The monoisotopic (exact) mass is 364 g/mol. The molecule has 1 aliphatic heterocycles. The summed E-state index contributed by atoms with van der Waals surface area (Å²) < 4.78 is 6.46. The molecular formula is C16H17ClN4O4. The highest BCUT2D eigenvalue weighted by Crippen LogP contribution is 2.32. The van der Waals surface area contributed by atoms with Crippen molar-refractivity contribution in [2.45, 2.75) is 6.42 Å². The van der Waals surface area contributed by atoms with E-state index in [1.165, 1.54) is 22.9 Å². The van der Waals surface area contributed by atoms with Gasteiger partial charge in [-0.3, -0.25) is 9.59 Å². The maximum absolute atomic E-state index is 12.6. The summed E-state index contributed by atoms with van der Waals surface area (Å²) in [5.41, 5.74) is -0.335. The summed E-state index contributed by atoms with van der Waals surface area (Å²) in [4.78, 5) is 25.7. The fourth-order valence-electron chi connectivity index (χ4n) is 2.96. The molecule has 1 atom stereocenters. The van der Waals surface area contributed by atoms with E-state index in [1.54, 1.807) is 24.3 Å². The lowest BCUT2D eigenvalue weighted by molar-refractivity contribution is -0.151. The van der Waals surface area contributed by atoms with E-state index in [9.17, 15) is 14.7 Å². The highest BCUT2D eigenvalue weighted by molar-refractivity contribution is 6.32. The highest BCUT2D eigenvalue weighted by Gasteiger charge is 2.46. The molecule has 0 spiro atoms. The SMILES string of the molecule is COCC1(C(=O)O)CCN(C(=O)c2cn(-c3ccccc3Cl)nn2)C1. The van der Waals surface area contributed by atoms with Crippen LogP contribution in [0.15, 0.2) is 30.5 Å². The topological polar surface area (TPSA) is 97.6 Å². The van der Waals surface area contributed by atoms with Gasteiger partial charge in [0.05, 0.1) is 23.5 Å². The fourth-order valence-corrected chi connectivity index (χ4v) is 3.18. The van der Waals surface area contributed by atoms with Crippen molar-refractivity contribution in [3.8, 4) is 5.69 Å². The second kappa shape index (κ2) is 6.81. The Morgan fingerprint density at radius 3 is 2.84 bits per heavy atom. The van der Waals surface area contributed by atoms with E-state index in [0.717, 1.165) is 0 Å². The fraction of sp³-hybridized carbons (Fsp3) is 0.375. The number of hydrogen-bond acceptors (Lipinski definition) is 5. The molecule has 3 rings (SSSR count). The number of methoxy groups -OCH3 is 1. The quantitative estimate of drug-likeness (QED) is 0.863.